The number of nitrogens with zero attached hydrogens (tertiary/aromatic N) is 3. The number of benzene rings is 1. The smallest absolute Gasteiger partial charge is 0.246 e. The Bertz CT molecular complexity index is 1170. The van der Waals surface area contributed by atoms with Crippen molar-refractivity contribution < 1.29 is 18.8 Å². The van der Waals surface area contributed by atoms with Crippen molar-refractivity contribution in [1.82, 2.24) is 20.1 Å². The lowest BCUT2D eigenvalue weighted by Gasteiger charge is -2.35. The highest BCUT2D eigenvalue weighted by Crippen LogP contribution is 2.47. The Morgan fingerprint density at radius 1 is 1.36 bits per heavy atom. The van der Waals surface area contributed by atoms with Gasteiger partial charge in [-0.25, -0.2) is 4.39 Å². The van der Waals surface area contributed by atoms with Crippen LogP contribution in [0.4, 0.5) is 10.1 Å². The average molecular weight is 516 g/mol. The molecule has 0 unspecified atom stereocenters. The number of rotatable bonds is 7. The van der Waals surface area contributed by atoms with Crippen molar-refractivity contribution in [2.75, 3.05) is 26.0 Å². The van der Waals surface area contributed by atoms with Crippen LogP contribution in [0.3, 0.4) is 0 Å². The number of aromatic nitrogens is 1. The summed E-state index contributed by atoms with van der Waals surface area (Å²) in [5.74, 6) is -0.976. The van der Waals surface area contributed by atoms with Crippen molar-refractivity contribution >= 4 is 35.0 Å². The summed E-state index contributed by atoms with van der Waals surface area (Å²) in [7, 11) is 3.22. The van der Waals surface area contributed by atoms with E-state index in [-0.39, 0.29) is 31.2 Å². The number of alkyl halides is 1. The lowest BCUT2D eigenvalue weighted by Crippen LogP contribution is -2.55. The van der Waals surface area contributed by atoms with Gasteiger partial charge in [0.25, 0.3) is 0 Å². The van der Waals surface area contributed by atoms with Crippen LogP contribution < -0.4 is 10.6 Å². The van der Waals surface area contributed by atoms with Crippen molar-refractivity contribution in [3.8, 4) is 0 Å². The lowest BCUT2D eigenvalue weighted by molar-refractivity contribution is -0.146. The fraction of sp³-hybridized carbons (Fsp3) is 0.462. The Morgan fingerprint density at radius 2 is 2.11 bits per heavy atom. The van der Waals surface area contributed by atoms with Gasteiger partial charge < -0.3 is 20.4 Å². The molecule has 3 heterocycles. The van der Waals surface area contributed by atoms with Crippen LogP contribution in [0.25, 0.3) is 0 Å². The molecular formula is C26H31ClFN5O3. The minimum Gasteiger partial charge on any atom is -0.333 e. The molecule has 0 bridgehead atoms. The van der Waals surface area contributed by atoms with E-state index in [9.17, 15) is 18.8 Å². The first kappa shape index (κ1) is 26.0. The second-order valence-corrected chi connectivity index (χ2v) is 10.6. The van der Waals surface area contributed by atoms with Gasteiger partial charge in [-0.1, -0.05) is 17.7 Å². The van der Waals surface area contributed by atoms with Crippen LogP contribution >= 0.6 is 11.6 Å². The van der Waals surface area contributed by atoms with Crippen LogP contribution in [0.2, 0.25) is 5.02 Å². The lowest BCUT2D eigenvalue weighted by atomic mass is 9.80. The summed E-state index contributed by atoms with van der Waals surface area (Å²) in [6.07, 6.45) is 1.23. The molecule has 3 atom stereocenters. The zero-order valence-electron chi connectivity index (χ0n) is 20.8. The number of hydrogen-bond donors (Lipinski definition) is 2. The first-order valence-electron chi connectivity index (χ1n) is 11.9. The summed E-state index contributed by atoms with van der Waals surface area (Å²) < 4.78 is 14.9. The summed E-state index contributed by atoms with van der Waals surface area (Å²) in [6, 6.07) is 9.40. The maximum Gasteiger partial charge on any atom is 0.246 e. The van der Waals surface area contributed by atoms with Gasteiger partial charge in [0.15, 0.2) is 0 Å². The number of pyridine rings is 1. The third-order valence-corrected chi connectivity index (χ3v) is 7.27. The molecule has 1 aromatic heterocycles. The van der Waals surface area contributed by atoms with Crippen LogP contribution in [0, 0.1) is 0 Å². The van der Waals surface area contributed by atoms with E-state index < -0.39 is 29.2 Å². The summed E-state index contributed by atoms with van der Waals surface area (Å²) in [5, 5.41) is 6.52. The quantitative estimate of drug-likeness (QED) is 0.591. The fourth-order valence-corrected chi connectivity index (χ4v) is 5.31. The molecule has 0 saturated carbocycles. The van der Waals surface area contributed by atoms with E-state index >= 15 is 0 Å². The fourth-order valence-electron chi connectivity index (χ4n) is 5.14. The maximum atomic E-state index is 14.9. The van der Waals surface area contributed by atoms with Gasteiger partial charge in [-0.3, -0.25) is 19.4 Å². The SMILES string of the molecule is CN[C@@H]1C[C@@]2(CN1C(=O)[C@H](CC(C)(C)F)N(C)C(=O)Cc1ccccn1)C(=O)Nc1ccc(Cl)cc12. The van der Waals surface area contributed by atoms with E-state index in [0.29, 0.717) is 22.8 Å². The Kier molecular flexibility index (Phi) is 7.07. The highest BCUT2D eigenvalue weighted by molar-refractivity contribution is 6.31. The van der Waals surface area contributed by atoms with E-state index in [1.807, 2.05) is 0 Å². The highest BCUT2D eigenvalue weighted by atomic mass is 35.5. The number of hydrogen-bond acceptors (Lipinski definition) is 5. The second-order valence-electron chi connectivity index (χ2n) is 10.1. The van der Waals surface area contributed by atoms with Crippen molar-refractivity contribution in [1.29, 1.82) is 0 Å². The van der Waals surface area contributed by atoms with Crippen LogP contribution in [0.1, 0.15) is 37.9 Å². The molecule has 36 heavy (non-hydrogen) atoms. The number of fused-ring (bicyclic) bond motifs is 2. The molecule has 8 nitrogen and oxygen atoms in total. The molecule has 2 aliphatic rings. The van der Waals surface area contributed by atoms with Gasteiger partial charge in [0.1, 0.15) is 11.7 Å². The number of halogens is 2. The molecule has 1 spiro atoms. The summed E-state index contributed by atoms with van der Waals surface area (Å²) in [5.41, 5.74) is -0.743. The third-order valence-electron chi connectivity index (χ3n) is 7.04. The Balaban J connectivity index is 1.64. The van der Waals surface area contributed by atoms with Gasteiger partial charge >= 0.3 is 0 Å². The number of amides is 3. The van der Waals surface area contributed by atoms with E-state index in [4.69, 9.17) is 11.6 Å². The highest BCUT2D eigenvalue weighted by Gasteiger charge is 2.56. The molecule has 4 rings (SSSR count). The molecule has 0 aliphatic carbocycles. The molecule has 0 radical (unpaired) electrons. The van der Waals surface area contributed by atoms with Gasteiger partial charge in [0.2, 0.25) is 17.7 Å². The summed E-state index contributed by atoms with van der Waals surface area (Å²) >= 11 is 6.24. The zero-order valence-corrected chi connectivity index (χ0v) is 21.6. The Morgan fingerprint density at radius 3 is 2.75 bits per heavy atom. The van der Waals surface area contributed by atoms with Crippen molar-refractivity contribution in [3.63, 3.8) is 0 Å². The summed E-state index contributed by atoms with van der Waals surface area (Å²) in [6.45, 7) is 2.85. The van der Waals surface area contributed by atoms with Crippen molar-refractivity contribution in [2.24, 2.45) is 0 Å². The number of carbonyl (C=O) groups is 3. The van der Waals surface area contributed by atoms with Crippen LogP contribution in [0.5, 0.6) is 0 Å². The van der Waals surface area contributed by atoms with Gasteiger partial charge in [0, 0.05) is 49.0 Å². The van der Waals surface area contributed by atoms with E-state index in [0.717, 1.165) is 5.56 Å². The molecule has 2 aromatic rings. The number of carbonyl (C=O) groups excluding carboxylic acids is 3. The topological polar surface area (TPSA) is 94.6 Å². The number of likely N-dealkylation sites (tertiary alicyclic amines) is 1. The van der Waals surface area contributed by atoms with Crippen LogP contribution in [-0.4, -0.2) is 71.0 Å². The Hall–Kier alpha value is -3.04. The number of nitrogens with one attached hydrogen (secondary N) is 2. The molecule has 1 aromatic carbocycles. The average Bonchev–Trinajstić information content (AvgIpc) is 3.35. The molecule has 2 aliphatic heterocycles. The van der Waals surface area contributed by atoms with Crippen molar-refractivity contribution in [2.45, 2.75) is 56.4 Å². The van der Waals surface area contributed by atoms with E-state index in [1.165, 1.54) is 25.8 Å². The zero-order chi connectivity index (χ0) is 26.3. The number of likely N-dealkylation sites (N-methyl/N-ethyl adjacent to an activating group) is 1. The van der Waals surface area contributed by atoms with E-state index in [2.05, 4.69) is 15.6 Å². The standard InChI is InChI=1S/C26H31ClFN5O3/c1-25(2,28)13-20(32(4)22(34)12-17-7-5-6-10-30-17)23(35)33-15-26(14-21(33)29-3)18-11-16(27)8-9-19(18)31-24(26)36/h5-11,20-21,29H,12-15H2,1-4H3,(H,31,36)/t20-,21-,26-/m0/s1. The minimum absolute atomic E-state index is 0.0124. The molecule has 1 saturated heterocycles. The molecule has 2 N–H and O–H groups in total. The van der Waals surface area contributed by atoms with Gasteiger partial charge in [-0.05, 0) is 56.8 Å². The number of anilines is 1. The first-order valence-corrected chi connectivity index (χ1v) is 12.3. The van der Waals surface area contributed by atoms with Gasteiger partial charge in [0.05, 0.1) is 18.0 Å². The molecule has 3 amide bonds. The monoisotopic (exact) mass is 515 g/mol. The predicted octanol–water partition coefficient (Wildman–Crippen LogP) is 2.91. The molecule has 10 heteroatoms. The molecule has 192 valence electrons. The first-order chi connectivity index (χ1) is 16.9. The van der Waals surface area contributed by atoms with Crippen LogP contribution in [-0.2, 0) is 26.2 Å². The predicted molar refractivity (Wildman–Crippen MR) is 135 cm³/mol. The third kappa shape index (κ3) is 4.95. The maximum absolute atomic E-state index is 14.9. The van der Waals surface area contributed by atoms with E-state index in [1.54, 1.807) is 54.5 Å². The normalized spacial score (nSPS) is 21.9. The second kappa shape index (κ2) is 9.78. The summed E-state index contributed by atoms with van der Waals surface area (Å²) in [4.78, 5) is 47.3. The minimum atomic E-state index is -1.71. The van der Waals surface area contributed by atoms with Crippen LogP contribution in [0.15, 0.2) is 42.6 Å². The molecular weight excluding hydrogens is 485 g/mol. The van der Waals surface area contributed by atoms with Crippen molar-refractivity contribution in [3.05, 3.63) is 58.9 Å². The molecule has 1 fully saturated rings. The van der Waals surface area contributed by atoms with Gasteiger partial charge in [-0.15, -0.1) is 0 Å². The van der Waals surface area contributed by atoms with Gasteiger partial charge in [-0.2, -0.15) is 0 Å². The largest absolute Gasteiger partial charge is 0.333 e. The Labute approximate surface area is 215 Å².